The van der Waals surface area contributed by atoms with Crippen LogP contribution in [0.2, 0.25) is 0 Å². The fourth-order valence-corrected chi connectivity index (χ4v) is 1.20. The molecule has 2 heteroatoms. The van der Waals surface area contributed by atoms with Crippen LogP contribution >= 0.6 is 11.8 Å². The number of aromatic nitrogens is 1. The summed E-state index contributed by atoms with van der Waals surface area (Å²) < 4.78 is 0. The first-order valence-corrected chi connectivity index (χ1v) is 5.57. The van der Waals surface area contributed by atoms with Crippen LogP contribution < -0.4 is 0 Å². The zero-order valence-electron chi connectivity index (χ0n) is 8.29. The van der Waals surface area contributed by atoms with Crippen molar-refractivity contribution in [3.63, 3.8) is 0 Å². The van der Waals surface area contributed by atoms with E-state index in [2.05, 4.69) is 24.2 Å². The van der Waals surface area contributed by atoms with Crippen LogP contribution in [0.1, 0.15) is 26.3 Å². The molecule has 1 rings (SSSR count). The largest absolute Gasteiger partial charge is 0.263 e. The van der Waals surface area contributed by atoms with Crippen LogP contribution in [-0.2, 0) is 6.42 Å². The lowest BCUT2D eigenvalue weighted by Crippen LogP contribution is -1.82. The van der Waals surface area contributed by atoms with E-state index in [0.717, 1.165) is 6.42 Å². The molecular weight excluding hydrogens is 166 g/mol. The molecule has 0 N–H and O–H groups in total. The minimum Gasteiger partial charge on any atom is -0.263 e. The van der Waals surface area contributed by atoms with Gasteiger partial charge in [-0.3, -0.25) is 4.98 Å². The Morgan fingerprint density at radius 1 is 1.33 bits per heavy atom. The molecule has 0 aromatic carbocycles. The highest BCUT2D eigenvalue weighted by Crippen LogP contribution is 2.13. The highest BCUT2D eigenvalue weighted by atomic mass is 32.2. The summed E-state index contributed by atoms with van der Waals surface area (Å²) in [7, 11) is 0. The molecule has 1 aromatic rings. The predicted octanol–water partition coefficient (Wildman–Crippen LogP) is 3.39. The van der Waals surface area contributed by atoms with Gasteiger partial charge in [-0.15, -0.1) is 11.8 Å². The maximum absolute atomic E-state index is 4.11. The molecule has 68 valence electrons. The lowest BCUT2D eigenvalue weighted by Gasteiger charge is -1.97. The molecule has 12 heavy (non-hydrogen) atoms. The highest BCUT2D eigenvalue weighted by Gasteiger charge is 1.91. The summed E-state index contributed by atoms with van der Waals surface area (Å²) in [5.74, 6) is 0. The van der Waals surface area contributed by atoms with Gasteiger partial charge in [0.1, 0.15) is 0 Å². The van der Waals surface area contributed by atoms with Crippen molar-refractivity contribution in [1.29, 1.82) is 0 Å². The van der Waals surface area contributed by atoms with Crippen LogP contribution in [0.3, 0.4) is 0 Å². The molecule has 0 atom stereocenters. The maximum atomic E-state index is 4.11. The second-order valence-electron chi connectivity index (χ2n) is 2.09. The smallest absolute Gasteiger partial charge is 0.0404 e. The number of pyridine rings is 1. The summed E-state index contributed by atoms with van der Waals surface area (Å²) in [6, 6.07) is 2.18. The van der Waals surface area contributed by atoms with E-state index in [9.17, 15) is 0 Å². The van der Waals surface area contributed by atoms with Crippen molar-refractivity contribution in [2.45, 2.75) is 32.1 Å². The van der Waals surface area contributed by atoms with E-state index in [0.29, 0.717) is 0 Å². The van der Waals surface area contributed by atoms with Crippen molar-refractivity contribution in [2.24, 2.45) is 0 Å². The van der Waals surface area contributed by atoms with E-state index in [1.54, 1.807) is 11.8 Å². The lowest BCUT2D eigenvalue weighted by atomic mass is 10.2. The first-order valence-electron chi connectivity index (χ1n) is 4.34. The molecule has 0 saturated heterocycles. The van der Waals surface area contributed by atoms with E-state index in [1.165, 1.54) is 10.5 Å². The number of nitrogens with zero attached hydrogens (tertiary/aromatic N) is 1. The van der Waals surface area contributed by atoms with Crippen LogP contribution in [0.25, 0.3) is 0 Å². The fraction of sp³-hybridized carbons (Fsp3) is 0.500. The molecule has 0 spiro atoms. The SMILES string of the molecule is CC.CCc1cncc(SC)c1. The minimum atomic E-state index is 1.07. The van der Waals surface area contributed by atoms with Gasteiger partial charge in [0.05, 0.1) is 0 Å². The number of hydrogen-bond donors (Lipinski definition) is 0. The highest BCUT2D eigenvalue weighted by molar-refractivity contribution is 7.98. The molecule has 0 aliphatic carbocycles. The molecule has 0 aliphatic heterocycles. The molecule has 0 amide bonds. The van der Waals surface area contributed by atoms with Gasteiger partial charge in [0.25, 0.3) is 0 Å². The summed E-state index contributed by atoms with van der Waals surface area (Å²) in [5, 5.41) is 0. The Hall–Kier alpha value is -0.500. The van der Waals surface area contributed by atoms with E-state index >= 15 is 0 Å². The van der Waals surface area contributed by atoms with E-state index in [4.69, 9.17) is 0 Å². The van der Waals surface area contributed by atoms with Gasteiger partial charge in [-0.25, -0.2) is 0 Å². The van der Waals surface area contributed by atoms with E-state index in [1.807, 2.05) is 26.2 Å². The van der Waals surface area contributed by atoms with Crippen molar-refractivity contribution >= 4 is 11.8 Å². The third kappa shape index (κ3) is 3.77. The Morgan fingerprint density at radius 2 is 2.00 bits per heavy atom. The quantitative estimate of drug-likeness (QED) is 0.652. The van der Waals surface area contributed by atoms with E-state index < -0.39 is 0 Å². The predicted molar refractivity (Wildman–Crippen MR) is 56.7 cm³/mol. The first kappa shape index (κ1) is 11.5. The number of aryl methyl sites for hydroxylation is 1. The van der Waals surface area contributed by atoms with Crippen molar-refractivity contribution in [2.75, 3.05) is 6.26 Å². The van der Waals surface area contributed by atoms with Crippen molar-refractivity contribution < 1.29 is 0 Å². The molecule has 0 radical (unpaired) electrons. The molecular formula is C10H17NS. The summed E-state index contributed by atoms with van der Waals surface area (Å²) in [5.41, 5.74) is 1.31. The second-order valence-corrected chi connectivity index (χ2v) is 2.97. The van der Waals surface area contributed by atoms with Gasteiger partial charge in [-0.2, -0.15) is 0 Å². The average molecular weight is 183 g/mol. The summed E-state index contributed by atoms with van der Waals surface area (Å²) in [4.78, 5) is 5.35. The van der Waals surface area contributed by atoms with Crippen LogP contribution in [0.4, 0.5) is 0 Å². The summed E-state index contributed by atoms with van der Waals surface area (Å²) in [6.07, 6.45) is 6.95. The third-order valence-corrected chi connectivity index (χ3v) is 2.11. The van der Waals surface area contributed by atoms with Gasteiger partial charge in [0, 0.05) is 17.3 Å². The Morgan fingerprint density at radius 3 is 2.50 bits per heavy atom. The summed E-state index contributed by atoms with van der Waals surface area (Å²) in [6.45, 7) is 6.14. The monoisotopic (exact) mass is 183 g/mol. The van der Waals surface area contributed by atoms with Crippen LogP contribution in [-0.4, -0.2) is 11.2 Å². The molecule has 1 nitrogen and oxygen atoms in total. The Balaban J connectivity index is 0.000000561. The zero-order chi connectivity index (χ0) is 9.40. The molecule has 0 fully saturated rings. The van der Waals surface area contributed by atoms with Crippen molar-refractivity contribution in [1.82, 2.24) is 4.98 Å². The molecule has 1 heterocycles. The number of rotatable bonds is 2. The molecule has 0 bridgehead atoms. The summed E-state index contributed by atoms with van der Waals surface area (Å²) >= 11 is 1.74. The van der Waals surface area contributed by atoms with Gasteiger partial charge in [0.15, 0.2) is 0 Å². The van der Waals surface area contributed by atoms with Gasteiger partial charge < -0.3 is 0 Å². The van der Waals surface area contributed by atoms with Crippen LogP contribution in [0, 0.1) is 0 Å². The molecule has 0 saturated carbocycles. The number of thioether (sulfide) groups is 1. The normalized spacial score (nSPS) is 8.67. The standard InChI is InChI=1S/C8H11NS.C2H6/c1-3-7-4-8(10-2)6-9-5-7;1-2/h4-6H,3H2,1-2H3;1-2H3. The fourth-order valence-electron chi connectivity index (χ4n) is 0.769. The zero-order valence-corrected chi connectivity index (χ0v) is 9.11. The topological polar surface area (TPSA) is 12.9 Å². The Kier molecular flexibility index (Phi) is 6.87. The lowest BCUT2D eigenvalue weighted by molar-refractivity contribution is 1.07. The second kappa shape index (κ2) is 7.17. The van der Waals surface area contributed by atoms with Crippen molar-refractivity contribution in [3.8, 4) is 0 Å². The number of hydrogen-bond acceptors (Lipinski definition) is 2. The van der Waals surface area contributed by atoms with Crippen molar-refractivity contribution in [3.05, 3.63) is 24.0 Å². The van der Waals surface area contributed by atoms with Gasteiger partial charge in [0.2, 0.25) is 0 Å². The van der Waals surface area contributed by atoms with Crippen LogP contribution in [0.15, 0.2) is 23.4 Å². The Labute approximate surface area is 79.6 Å². The first-order chi connectivity index (χ1) is 5.86. The molecule has 0 unspecified atom stereocenters. The third-order valence-electron chi connectivity index (χ3n) is 1.41. The van der Waals surface area contributed by atoms with Gasteiger partial charge in [-0.1, -0.05) is 20.8 Å². The van der Waals surface area contributed by atoms with E-state index in [-0.39, 0.29) is 0 Å². The average Bonchev–Trinajstić information content (AvgIpc) is 2.21. The maximum Gasteiger partial charge on any atom is 0.0404 e. The Bertz CT molecular complexity index is 191. The van der Waals surface area contributed by atoms with Gasteiger partial charge in [-0.05, 0) is 24.3 Å². The minimum absolute atomic E-state index is 1.07. The molecule has 1 aromatic heterocycles. The molecule has 0 aliphatic rings. The van der Waals surface area contributed by atoms with Crippen LogP contribution in [0.5, 0.6) is 0 Å². The van der Waals surface area contributed by atoms with Gasteiger partial charge >= 0.3 is 0 Å².